The van der Waals surface area contributed by atoms with E-state index < -0.39 is 0 Å². The van der Waals surface area contributed by atoms with E-state index in [1.54, 1.807) is 11.3 Å². The van der Waals surface area contributed by atoms with Gasteiger partial charge in [0, 0.05) is 11.4 Å². The first-order valence-corrected chi connectivity index (χ1v) is 7.69. The van der Waals surface area contributed by atoms with Crippen LogP contribution in [0.3, 0.4) is 0 Å². The summed E-state index contributed by atoms with van der Waals surface area (Å²) in [6.07, 6.45) is 0. The van der Waals surface area contributed by atoms with Gasteiger partial charge in [0.15, 0.2) is 0 Å². The summed E-state index contributed by atoms with van der Waals surface area (Å²) in [5.41, 5.74) is 3.17. The zero-order valence-electron chi connectivity index (χ0n) is 11.8. The maximum atomic E-state index is 8.76. The standard InChI is InChI=1S/C15H18N4OS/c1-10-8-11-14(17-7-6-16-9-20)18-12-4-2-3-5-13(12)19-15(11)21-10/h2-5,8,16,19-20H,6-7,9H2,1H3,(H,17,18). The molecule has 0 aliphatic carbocycles. The highest BCUT2D eigenvalue weighted by Gasteiger charge is 2.19. The normalized spacial score (nSPS) is 14.9. The number of benzene rings is 1. The summed E-state index contributed by atoms with van der Waals surface area (Å²) < 4.78 is 0. The van der Waals surface area contributed by atoms with E-state index in [1.165, 1.54) is 4.88 Å². The van der Waals surface area contributed by atoms with Gasteiger partial charge in [0.25, 0.3) is 0 Å². The minimum atomic E-state index is -0.0223. The van der Waals surface area contributed by atoms with Crippen LogP contribution in [0.5, 0.6) is 0 Å². The molecule has 1 aromatic carbocycles. The predicted molar refractivity (Wildman–Crippen MR) is 88.9 cm³/mol. The molecule has 1 aliphatic heterocycles. The smallest absolute Gasteiger partial charge is 0.135 e. The molecule has 0 radical (unpaired) electrons. The van der Waals surface area contributed by atoms with Gasteiger partial charge < -0.3 is 15.7 Å². The molecule has 2 heterocycles. The fourth-order valence-corrected chi connectivity index (χ4v) is 3.18. The number of fused-ring (bicyclic) bond motifs is 2. The van der Waals surface area contributed by atoms with E-state index in [-0.39, 0.29) is 6.73 Å². The third kappa shape index (κ3) is 3.07. The Labute approximate surface area is 127 Å². The molecular formula is C15H18N4OS. The quantitative estimate of drug-likeness (QED) is 0.517. The molecule has 0 unspecified atom stereocenters. The zero-order valence-corrected chi connectivity index (χ0v) is 12.6. The van der Waals surface area contributed by atoms with Gasteiger partial charge >= 0.3 is 0 Å². The molecule has 110 valence electrons. The van der Waals surface area contributed by atoms with Crippen LogP contribution in [-0.2, 0) is 0 Å². The van der Waals surface area contributed by atoms with Gasteiger partial charge in [-0.2, -0.15) is 0 Å². The Bertz CT molecular complexity index is 665. The van der Waals surface area contributed by atoms with Crippen molar-refractivity contribution in [1.29, 1.82) is 0 Å². The Morgan fingerprint density at radius 2 is 2.00 bits per heavy atom. The van der Waals surface area contributed by atoms with E-state index in [0.29, 0.717) is 13.1 Å². The molecule has 0 saturated carbocycles. The van der Waals surface area contributed by atoms with Crippen LogP contribution in [0.2, 0.25) is 0 Å². The number of thiophene rings is 1. The van der Waals surface area contributed by atoms with Crippen LogP contribution in [0, 0.1) is 6.92 Å². The van der Waals surface area contributed by atoms with Gasteiger partial charge in [0.2, 0.25) is 0 Å². The molecule has 0 spiro atoms. The Morgan fingerprint density at radius 1 is 1.24 bits per heavy atom. The largest absolute Gasteiger partial charge is 0.381 e. The molecule has 0 bridgehead atoms. The summed E-state index contributed by atoms with van der Waals surface area (Å²) in [4.78, 5) is 5.88. The van der Waals surface area contributed by atoms with Gasteiger partial charge in [-0.15, -0.1) is 11.3 Å². The number of aliphatic hydroxyl groups excluding tert-OH is 1. The molecule has 6 heteroatoms. The van der Waals surface area contributed by atoms with E-state index in [1.807, 2.05) is 18.2 Å². The van der Waals surface area contributed by atoms with Gasteiger partial charge in [-0.05, 0) is 25.1 Å². The summed E-state index contributed by atoms with van der Waals surface area (Å²) in [7, 11) is 0. The summed E-state index contributed by atoms with van der Waals surface area (Å²) in [5, 5.41) is 19.6. The fraction of sp³-hybridized carbons (Fsp3) is 0.267. The van der Waals surface area contributed by atoms with Crippen LogP contribution in [0.1, 0.15) is 10.4 Å². The predicted octanol–water partition coefficient (Wildman–Crippen LogP) is 2.51. The molecule has 1 aromatic heterocycles. The van der Waals surface area contributed by atoms with Crippen LogP contribution < -0.4 is 16.0 Å². The summed E-state index contributed by atoms with van der Waals surface area (Å²) in [5.74, 6) is 0.867. The molecule has 0 saturated heterocycles. The van der Waals surface area contributed by atoms with Gasteiger partial charge in [0.05, 0.1) is 30.2 Å². The van der Waals surface area contributed by atoms with Crippen molar-refractivity contribution in [1.82, 2.24) is 5.32 Å². The van der Waals surface area contributed by atoms with Crippen molar-refractivity contribution < 1.29 is 5.11 Å². The highest BCUT2D eigenvalue weighted by atomic mass is 32.1. The maximum absolute atomic E-state index is 8.76. The van der Waals surface area contributed by atoms with Crippen molar-refractivity contribution in [3.8, 4) is 0 Å². The van der Waals surface area contributed by atoms with Gasteiger partial charge in [-0.25, -0.2) is 0 Å². The molecular weight excluding hydrogens is 284 g/mol. The van der Waals surface area contributed by atoms with Gasteiger partial charge in [-0.1, -0.05) is 12.1 Å². The lowest BCUT2D eigenvalue weighted by Gasteiger charge is -2.09. The molecule has 2 aromatic rings. The van der Waals surface area contributed by atoms with Crippen LogP contribution in [0.4, 0.5) is 16.4 Å². The Balaban J connectivity index is 1.94. The number of nitrogens with one attached hydrogen (secondary N) is 3. The Kier molecular flexibility index (Phi) is 4.19. The molecule has 3 rings (SSSR count). The number of nitrogens with zero attached hydrogens (tertiary/aromatic N) is 1. The van der Waals surface area contributed by atoms with Crippen molar-refractivity contribution in [3.05, 3.63) is 40.8 Å². The van der Waals surface area contributed by atoms with Crippen molar-refractivity contribution in [2.24, 2.45) is 4.99 Å². The minimum absolute atomic E-state index is 0.0223. The van der Waals surface area contributed by atoms with Crippen molar-refractivity contribution in [3.63, 3.8) is 0 Å². The number of hydrogen-bond acceptors (Lipinski definition) is 5. The SMILES string of the molecule is Cc1cc2c(s1)Nc1ccccc1NC2=NCCNCO. The summed E-state index contributed by atoms with van der Waals surface area (Å²) in [6.45, 7) is 3.33. The topological polar surface area (TPSA) is 68.7 Å². The second-order valence-corrected chi connectivity index (χ2v) is 6.04. The number of aliphatic hydroxyl groups is 1. The number of para-hydroxylation sites is 2. The van der Waals surface area contributed by atoms with Crippen molar-refractivity contribution >= 4 is 33.5 Å². The lowest BCUT2D eigenvalue weighted by Crippen LogP contribution is -2.20. The van der Waals surface area contributed by atoms with Crippen LogP contribution in [0.15, 0.2) is 35.3 Å². The Hall–Kier alpha value is -1.89. The number of aryl methyl sites for hydroxylation is 1. The molecule has 21 heavy (non-hydrogen) atoms. The van der Waals surface area contributed by atoms with Gasteiger partial charge in [-0.3, -0.25) is 10.3 Å². The number of aliphatic imine (C=N–C) groups is 1. The first kappa shape index (κ1) is 14.1. The first-order valence-electron chi connectivity index (χ1n) is 6.88. The summed E-state index contributed by atoms with van der Waals surface area (Å²) >= 11 is 1.73. The van der Waals surface area contributed by atoms with Crippen LogP contribution >= 0.6 is 11.3 Å². The second kappa shape index (κ2) is 6.26. The third-order valence-electron chi connectivity index (χ3n) is 3.21. The van der Waals surface area contributed by atoms with Crippen LogP contribution in [0.25, 0.3) is 0 Å². The van der Waals surface area contributed by atoms with Crippen LogP contribution in [-0.4, -0.2) is 30.8 Å². The second-order valence-electron chi connectivity index (χ2n) is 4.78. The maximum Gasteiger partial charge on any atom is 0.135 e. The molecule has 4 N–H and O–H groups in total. The monoisotopic (exact) mass is 302 g/mol. The number of amidine groups is 1. The highest BCUT2D eigenvalue weighted by Crippen LogP contribution is 2.36. The number of rotatable bonds is 4. The first-order chi connectivity index (χ1) is 10.3. The lowest BCUT2D eigenvalue weighted by molar-refractivity contribution is 0.263. The molecule has 0 fully saturated rings. The molecule has 0 atom stereocenters. The van der Waals surface area contributed by atoms with E-state index >= 15 is 0 Å². The molecule has 1 aliphatic rings. The zero-order chi connectivity index (χ0) is 14.7. The third-order valence-corrected chi connectivity index (χ3v) is 4.17. The minimum Gasteiger partial charge on any atom is -0.381 e. The van der Waals surface area contributed by atoms with E-state index in [4.69, 9.17) is 5.11 Å². The fourth-order valence-electron chi connectivity index (χ4n) is 2.25. The lowest BCUT2D eigenvalue weighted by atomic mass is 10.2. The number of hydrogen-bond donors (Lipinski definition) is 4. The van der Waals surface area contributed by atoms with Crippen molar-refractivity contribution in [2.75, 3.05) is 30.5 Å². The highest BCUT2D eigenvalue weighted by molar-refractivity contribution is 7.16. The number of anilines is 3. The van der Waals surface area contributed by atoms with Gasteiger partial charge in [0.1, 0.15) is 10.8 Å². The average Bonchev–Trinajstić information content (AvgIpc) is 2.78. The van der Waals surface area contributed by atoms with E-state index in [0.717, 1.165) is 27.8 Å². The van der Waals surface area contributed by atoms with E-state index in [2.05, 4.69) is 40.0 Å². The average molecular weight is 302 g/mol. The summed E-state index contributed by atoms with van der Waals surface area (Å²) in [6, 6.07) is 10.2. The van der Waals surface area contributed by atoms with E-state index in [9.17, 15) is 0 Å². The Morgan fingerprint density at radius 3 is 2.76 bits per heavy atom. The molecule has 0 amide bonds. The van der Waals surface area contributed by atoms with Crippen molar-refractivity contribution in [2.45, 2.75) is 6.92 Å². The molecule has 5 nitrogen and oxygen atoms in total.